The van der Waals surface area contributed by atoms with E-state index in [4.69, 9.17) is 9.26 Å². The van der Waals surface area contributed by atoms with E-state index in [1.54, 1.807) is 24.0 Å². The van der Waals surface area contributed by atoms with Gasteiger partial charge in [-0.15, -0.1) is 0 Å². The number of amides is 1. The first-order chi connectivity index (χ1) is 11.1. The summed E-state index contributed by atoms with van der Waals surface area (Å²) in [6.07, 6.45) is 1.34. The average Bonchev–Trinajstić information content (AvgIpc) is 3.18. The number of benzene rings is 1. The molecule has 0 aliphatic carbocycles. The highest BCUT2D eigenvalue weighted by molar-refractivity contribution is 5.73. The van der Waals surface area contributed by atoms with Crippen LogP contribution in [-0.2, 0) is 11.2 Å². The van der Waals surface area contributed by atoms with Gasteiger partial charge in [0.2, 0.25) is 11.8 Å². The summed E-state index contributed by atoms with van der Waals surface area (Å²) in [7, 11) is 0. The first-order valence-electron chi connectivity index (χ1n) is 7.58. The minimum atomic E-state index is -0.295. The summed E-state index contributed by atoms with van der Waals surface area (Å²) in [5, 5.41) is 3.95. The fourth-order valence-electron chi connectivity index (χ4n) is 2.57. The number of carbonyl (C=O) groups is 1. The van der Waals surface area contributed by atoms with E-state index in [1.165, 1.54) is 12.1 Å². The number of aromatic nitrogens is 2. The molecule has 1 aliphatic heterocycles. The van der Waals surface area contributed by atoms with Crippen LogP contribution in [0.25, 0.3) is 0 Å². The summed E-state index contributed by atoms with van der Waals surface area (Å²) in [6, 6.07) is 5.85. The second-order valence-electron chi connectivity index (χ2n) is 5.55. The molecular weight excluding hydrogens is 301 g/mol. The molecule has 2 heterocycles. The number of carbonyl (C=O) groups excluding carboxylic acids is 1. The van der Waals surface area contributed by atoms with E-state index in [0.717, 1.165) is 13.0 Å². The van der Waals surface area contributed by atoms with Gasteiger partial charge in [-0.1, -0.05) is 5.16 Å². The standard InChI is InChI=1S/C16H18FN3O3/c1-11(21)20-8-6-12(10-20)16-18-15(19-23-16)7-9-22-14-4-2-13(17)3-5-14/h2-5,12H,6-10H2,1H3. The van der Waals surface area contributed by atoms with Gasteiger partial charge >= 0.3 is 0 Å². The zero-order valence-electron chi connectivity index (χ0n) is 12.9. The third-order valence-electron chi connectivity index (χ3n) is 3.87. The molecule has 3 rings (SSSR count). The normalized spacial score (nSPS) is 17.5. The van der Waals surface area contributed by atoms with Crippen LogP contribution in [0.1, 0.15) is 31.0 Å². The van der Waals surface area contributed by atoms with Crippen LogP contribution in [0, 0.1) is 5.82 Å². The topological polar surface area (TPSA) is 68.5 Å². The Hall–Kier alpha value is -2.44. The molecule has 1 aromatic carbocycles. The molecule has 6 nitrogen and oxygen atoms in total. The number of nitrogens with zero attached hydrogens (tertiary/aromatic N) is 3. The zero-order chi connectivity index (χ0) is 16.2. The lowest BCUT2D eigenvalue weighted by atomic mass is 10.1. The van der Waals surface area contributed by atoms with E-state index in [9.17, 15) is 9.18 Å². The van der Waals surface area contributed by atoms with Gasteiger partial charge in [-0.05, 0) is 30.7 Å². The van der Waals surface area contributed by atoms with Crippen LogP contribution < -0.4 is 4.74 Å². The van der Waals surface area contributed by atoms with Crippen molar-refractivity contribution in [2.24, 2.45) is 0 Å². The Bertz CT molecular complexity index is 671. The van der Waals surface area contributed by atoms with E-state index >= 15 is 0 Å². The number of ether oxygens (including phenoxy) is 1. The monoisotopic (exact) mass is 319 g/mol. The quantitative estimate of drug-likeness (QED) is 0.845. The summed E-state index contributed by atoms with van der Waals surface area (Å²) in [6.45, 7) is 3.30. The van der Waals surface area contributed by atoms with Crippen LogP contribution in [0.5, 0.6) is 5.75 Å². The van der Waals surface area contributed by atoms with Crippen LogP contribution in [0.2, 0.25) is 0 Å². The predicted octanol–water partition coefficient (Wildman–Crippen LogP) is 2.17. The van der Waals surface area contributed by atoms with E-state index in [2.05, 4.69) is 10.1 Å². The molecular formula is C16H18FN3O3. The van der Waals surface area contributed by atoms with Gasteiger partial charge in [0.1, 0.15) is 11.6 Å². The number of rotatable bonds is 5. The molecule has 0 spiro atoms. The van der Waals surface area contributed by atoms with Gasteiger partial charge in [0, 0.05) is 26.4 Å². The van der Waals surface area contributed by atoms with Crippen LogP contribution in [0.4, 0.5) is 4.39 Å². The summed E-state index contributed by atoms with van der Waals surface area (Å²) in [5.74, 6) is 1.63. The largest absolute Gasteiger partial charge is 0.493 e. The number of hydrogen-bond donors (Lipinski definition) is 0. The molecule has 2 aromatic rings. The van der Waals surface area contributed by atoms with E-state index in [0.29, 0.717) is 37.0 Å². The fraction of sp³-hybridized carbons (Fsp3) is 0.438. The molecule has 23 heavy (non-hydrogen) atoms. The Morgan fingerprint density at radius 3 is 2.91 bits per heavy atom. The maximum absolute atomic E-state index is 12.8. The first-order valence-corrected chi connectivity index (χ1v) is 7.58. The molecule has 1 aliphatic rings. The third-order valence-corrected chi connectivity index (χ3v) is 3.87. The molecule has 1 amide bonds. The van der Waals surface area contributed by atoms with Crippen molar-refractivity contribution < 1.29 is 18.4 Å². The predicted molar refractivity (Wildman–Crippen MR) is 79.5 cm³/mol. The summed E-state index contributed by atoms with van der Waals surface area (Å²) in [4.78, 5) is 17.5. The Balaban J connectivity index is 1.50. The van der Waals surface area contributed by atoms with Crippen molar-refractivity contribution in [1.29, 1.82) is 0 Å². The molecule has 0 bridgehead atoms. The molecule has 1 fully saturated rings. The van der Waals surface area contributed by atoms with Gasteiger partial charge < -0.3 is 14.2 Å². The molecule has 1 atom stereocenters. The van der Waals surface area contributed by atoms with E-state index < -0.39 is 0 Å². The highest BCUT2D eigenvalue weighted by Crippen LogP contribution is 2.25. The summed E-state index contributed by atoms with van der Waals surface area (Å²) >= 11 is 0. The van der Waals surface area contributed by atoms with Crippen LogP contribution in [0.3, 0.4) is 0 Å². The molecule has 1 saturated heterocycles. The highest BCUT2D eigenvalue weighted by Gasteiger charge is 2.29. The maximum Gasteiger partial charge on any atom is 0.231 e. The highest BCUT2D eigenvalue weighted by atomic mass is 19.1. The van der Waals surface area contributed by atoms with E-state index in [1.807, 2.05) is 0 Å². The molecule has 0 radical (unpaired) electrons. The maximum atomic E-state index is 12.8. The molecule has 0 N–H and O–H groups in total. The summed E-state index contributed by atoms with van der Waals surface area (Å²) < 4.78 is 23.6. The van der Waals surface area contributed by atoms with Gasteiger partial charge in [-0.3, -0.25) is 4.79 Å². The van der Waals surface area contributed by atoms with Crippen molar-refractivity contribution in [3.05, 3.63) is 41.8 Å². The second-order valence-corrected chi connectivity index (χ2v) is 5.55. The average molecular weight is 319 g/mol. The zero-order valence-corrected chi connectivity index (χ0v) is 12.9. The lowest BCUT2D eigenvalue weighted by Gasteiger charge is -2.11. The Labute approximate surface area is 133 Å². The van der Waals surface area contributed by atoms with Crippen LogP contribution in [-0.4, -0.2) is 40.6 Å². The van der Waals surface area contributed by atoms with Crippen molar-refractivity contribution in [1.82, 2.24) is 15.0 Å². The smallest absolute Gasteiger partial charge is 0.231 e. The Morgan fingerprint density at radius 1 is 1.43 bits per heavy atom. The van der Waals surface area contributed by atoms with Gasteiger partial charge in [0.05, 0.1) is 12.5 Å². The third kappa shape index (κ3) is 3.85. The van der Waals surface area contributed by atoms with Crippen molar-refractivity contribution in [2.45, 2.75) is 25.7 Å². The van der Waals surface area contributed by atoms with Gasteiger partial charge in [0.25, 0.3) is 0 Å². The molecule has 1 aromatic heterocycles. The van der Waals surface area contributed by atoms with Crippen LogP contribution in [0.15, 0.2) is 28.8 Å². The second kappa shape index (κ2) is 6.76. The van der Waals surface area contributed by atoms with Crippen molar-refractivity contribution in [3.8, 4) is 5.75 Å². The lowest BCUT2D eigenvalue weighted by Crippen LogP contribution is -2.25. The number of halogens is 1. The van der Waals surface area contributed by atoms with Crippen LogP contribution >= 0.6 is 0 Å². The lowest BCUT2D eigenvalue weighted by molar-refractivity contribution is -0.127. The molecule has 0 saturated carbocycles. The SMILES string of the molecule is CC(=O)N1CCC(c2nc(CCOc3ccc(F)cc3)no2)C1. The first kappa shape index (κ1) is 15.5. The Kier molecular flexibility index (Phi) is 4.55. The number of hydrogen-bond acceptors (Lipinski definition) is 5. The molecule has 1 unspecified atom stereocenters. The number of likely N-dealkylation sites (tertiary alicyclic amines) is 1. The summed E-state index contributed by atoms with van der Waals surface area (Å²) in [5.41, 5.74) is 0. The molecule has 122 valence electrons. The van der Waals surface area contributed by atoms with Gasteiger partial charge in [0.15, 0.2) is 5.82 Å². The van der Waals surface area contributed by atoms with Gasteiger partial charge in [-0.2, -0.15) is 4.98 Å². The minimum Gasteiger partial charge on any atom is -0.493 e. The fourth-order valence-corrected chi connectivity index (χ4v) is 2.57. The minimum absolute atomic E-state index is 0.0694. The van der Waals surface area contributed by atoms with Gasteiger partial charge in [-0.25, -0.2) is 4.39 Å². The van der Waals surface area contributed by atoms with E-state index in [-0.39, 0.29) is 17.6 Å². The van der Waals surface area contributed by atoms with Crippen molar-refractivity contribution >= 4 is 5.91 Å². The van der Waals surface area contributed by atoms with Crippen molar-refractivity contribution in [2.75, 3.05) is 19.7 Å². The molecule has 7 heteroatoms. The Morgan fingerprint density at radius 2 is 2.22 bits per heavy atom. The van der Waals surface area contributed by atoms with Crippen molar-refractivity contribution in [3.63, 3.8) is 0 Å².